The molecule has 17 heavy (non-hydrogen) atoms. The minimum absolute atomic E-state index is 0.0834. The van der Waals surface area contributed by atoms with E-state index in [0.717, 1.165) is 11.1 Å². The molecule has 5 heteroatoms. The van der Waals surface area contributed by atoms with Crippen LogP contribution < -0.4 is 5.73 Å². The van der Waals surface area contributed by atoms with Crippen molar-refractivity contribution in [1.82, 2.24) is 0 Å². The highest BCUT2D eigenvalue weighted by Gasteiger charge is 2.40. The van der Waals surface area contributed by atoms with Crippen LogP contribution in [0.5, 0.6) is 0 Å². The third-order valence-electron chi connectivity index (χ3n) is 3.13. The maximum absolute atomic E-state index is 11.4. The molecular formula is C12H17NO3S. The predicted molar refractivity (Wildman–Crippen MR) is 66.3 cm³/mol. The molecule has 0 bridgehead atoms. The van der Waals surface area contributed by atoms with Gasteiger partial charge in [0, 0.05) is 13.0 Å². The molecule has 1 aromatic rings. The van der Waals surface area contributed by atoms with Crippen LogP contribution in [-0.2, 0) is 22.8 Å². The molecule has 0 aliphatic carbocycles. The van der Waals surface area contributed by atoms with Crippen LogP contribution in [0, 0.1) is 0 Å². The highest BCUT2D eigenvalue weighted by Crippen LogP contribution is 2.27. The Labute approximate surface area is 101 Å². The van der Waals surface area contributed by atoms with Gasteiger partial charge in [-0.15, -0.1) is 0 Å². The average Bonchev–Trinajstić information content (AvgIpc) is 2.53. The molecule has 94 valence electrons. The average molecular weight is 255 g/mol. The van der Waals surface area contributed by atoms with E-state index in [4.69, 9.17) is 5.73 Å². The normalized spacial score (nSPS) is 27.2. The van der Waals surface area contributed by atoms with Gasteiger partial charge < -0.3 is 10.8 Å². The van der Waals surface area contributed by atoms with Gasteiger partial charge in [0.2, 0.25) is 0 Å². The summed E-state index contributed by atoms with van der Waals surface area (Å²) in [4.78, 5) is 0. The van der Waals surface area contributed by atoms with E-state index >= 15 is 0 Å². The van der Waals surface area contributed by atoms with E-state index in [2.05, 4.69) is 0 Å². The van der Waals surface area contributed by atoms with Crippen molar-refractivity contribution in [2.75, 3.05) is 11.5 Å². The maximum atomic E-state index is 11.4. The number of aliphatic hydroxyl groups is 1. The number of hydrogen-bond acceptors (Lipinski definition) is 4. The highest BCUT2D eigenvalue weighted by molar-refractivity contribution is 7.91. The Morgan fingerprint density at radius 2 is 2.06 bits per heavy atom. The van der Waals surface area contributed by atoms with Crippen molar-refractivity contribution in [2.24, 2.45) is 5.73 Å². The molecule has 1 aromatic carbocycles. The lowest BCUT2D eigenvalue weighted by molar-refractivity contribution is 0.0682. The lowest BCUT2D eigenvalue weighted by Crippen LogP contribution is -2.32. The third-order valence-corrected chi connectivity index (χ3v) is 4.93. The first-order valence-electron chi connectivity index (χ1n) is 5.63. The monoisotopic (exact) mass is 255 g/mol. The Hall–Kier alpha value is -0.910. The first-order valence-corrected chi connectivity index (χ1v) is 7.45. The van der Waals surface area contributed by atoms with E-state index in [1.54, 1.807) is 0 Å². The zero-order chi connectivity index (χ0) is 12.5. The summed E-state index contributed by atoms with van der Waals surface area (Å²) < 4.78 is 22.8. The second-order valence-corrected chi connectivity index (χ2v) is 6.95. The molecular weight excluding hydrogens is 238 g/mol. The standard InChI is InChI=1S/C12H17NO3S/c13-8-11-3-1-2-10(6-11)7-12(14)4-5-17(15,16)9-12/h1-3,6,14H,4-5,7-9,13H2. The molecule has 0 aromatic heterocycles. The molecule has 1 heterocycles. The molecule has 3 N–H and O–H groups in total. The number of benzene rings is 1. The fourth-order valence-corrected chi connectivity index (χ4v) is 4.19. The maximum Gasteiger partial charge on any atom is 0.153 e. The molecule has 0 saturated carbocycles. The van der Waals surface area contributed by atoms with Crippen molar-refractivity contribution >= 4 is 9.84 Å². The molecule has 4 nitrogen and oxygen atoms in total. The lowest BCUT2D eigenvalue weighted by atomic mass is 9.93. The molecule has 1 aliphatic heterocycles. The Kier molecular flexibility index (Phi) is 3.25. The van der Waals surface area contributed by atoms with Gasteiger partial charge in [-0.2, -0.15) is 0 Å². The molecule has 0 spiro atoms. The first-order chi connectivity index (χ1) is 7.92. The Bertz CT molecular complexity index is 512. The number of nitrogens with two attached hydrogens (primary N) is 1. The van der Waals surface area contributed by atoms with Crippen LogP contribution >= 0.6 is 0 Å². The van der Waals surface area contributed by atoms with Crippen molar-refractivity contribution in [3.05, 3.63) is 35.4 Å². The fourth-order valence-electron chi connectivity index (χ4n) is 2.29. The summed E-state index contributed by atoms with van der Waals surface area (Å²) in [5, 5.41) is 10.2. The smallest absolute Gasteiger partial charge is 0.153 e. The molecule has 2 rings (SSSR count). The van der Waals surface area contributed by atoms with Crippen molar-refractivity contribution in [2.45, 2.75) is 25.0 Å². The van der Waals surface area contributed by atoms with E-state index in [1.807, 2.05) is 24.3 Å². The van der Waals surface area contributed by atoms with Crippen molar-refractivity contribution in [1.29, 1.82) is 0 Å². The van der Waals surface area contributed by atoms with E-state index in [0.29, 0.717) is 19.4 Å². The van der Waals surface area contributed by atoms with Gasteiger partial charge in [-0.25, -0.2) is 8.42 Å². The quantitative estimate of drug-likeness (QED) is 0.810. The molecule has 1 aliphatic rings. The van der Waals surface area contributed by atoms with E-state index in [1.165, 1.54) is 0 Å². The summed E-state index contributed by atoms with van der Waals surface area (Å²) in [5.41, 5.74) is 6.37. The van der Waals surface area contributed by atoms with E-state index < -0.39 is 15.4 Å². The zero-order valence-corrected chi connectivity index (χ0v) is 10.4. The first kappa shape index (κ1) is 12.5. The van der Waals surface area contributed by atoms with Gasteiger partial charge in [0.05, 0.1) is 17.1 Å². The topological polar surface area (TPSA) is 80.4 Å². The van der Waals surface area contributed by atoms with Gasteiger partial charge >= 0.3 is 0 Å². The summed E-state index contributed by atoms with van der Waals surface area (Å²) in [6.45, 7) is 0.449. The van der Waals surface area contributed by atoms with Crippen LogP contribution in [0.1, 0.15) is 17.5 Å². The molecule has 1 atom stereocenters. The largest absolute Gasteiger partial charge is 0.388 e. The van der Waals surface area contributed by atoms with Crippen LogP contribution in [-0.4, -0.2) is 30.6 Å². The number of rotatable bonds is 3. The summed E-state index contributed by atoms with van der Waals surface area (Å²) >= 11 is 0. The fraction of sp³-hybridized carbons (Fsp3) is 0.500. The Balaban J connectivity index is 2.15. The number of sulfone groups is 1. The second kappa shape index (κ2) is 4.40. The van der Waals surface area contributed by atoms with Gasteiger partial charge in [0.15, 0.2) is 9.84 Å². The van der Waals surface area contributed by atoms with Crippen LogP contribution in [0.2, 0.25) is 0 Å². The zero-order valence-electron chi connectivity index (χ0n) is 9.59. The van der Waals surface area contributed by atoms with Crippen molar-refractivity contribution < 1.29 is 13.5 Å². The van der Waals surface area contributed by atoms with Crippen LogP contribution in [0.15, 0.2) is 24.3 Å². The Morgan fingerprint density at radius 3 is 2.65 bits per heavy atom. The molecule has 1 saturated heterocycles. The van der Waals surface area contributed by atoms with Gasteiger partial charge in [-0.1, -0.05) is 24.3 Å². The van der Waals surface area contributed by atoms with E-state index in [-0.39, 0.29) is 11.5 Å². The van der Waals surface area contributed by atoms with Gasteiger partial charge in [0.1, 0.15) is 0 Å². The summed E-state index contributed by atoms with van der Waals surface area (Å²) in [6.07, 6.45) is 0.697. The van der Waals surface area contributed by atoms with Crippen LogP contribution in [0.25, 0.3) is 0 Å². The Morgan fingerprint density at radius 1 is 1.35 bits per heavy atom. The SMILES string of the molecule is NCc1cccc(CC2(O)CCS(=O)(=O)C2)c1. The summed E-state index contributed by atoms with van der Waals surface area (Å²) in [7, 11) is -3.06. The van der Waals surface area contributed by atoms with Crippen LogP contribution in [0.4, 0.5) is 0 Å². The van der Waals surface area contributed by atoms with Crippen molar-refractivity contribution in [3.8, 4) is 0 Å². The van der Waals surface area contributed by atoms with Crippen molar-refractivity contribution in [3.63, 3.8) is 0 Å². The van der Waals surface area contributed by atoms with Gasteiger partial charge in [-0.3, -0.25) is 0 Å². The van der Waals surface area contributed by atoms with Gasteiger partial charge in [0.25, 0.3) is 0 Å². The van der Waals surface area contributed by atoms with Crippen LogP contribution in [0.3, 0.4) is 0 Å². The minimum atomic E-state index is -3.06. The predicted octanol–water partition coefficient (Wildman–Crippen LogP) is 0.237. The minimum Gasteiger partial charge on any atom is -0.388 e. The molecule has 0 amide bonds. The van der Waals surface area contributed by atoms with E-state index in [9.17, 15) is 13.5 Å². The second-order valence-electron chi connectivity index (χ2n) is 4.77. The number of hydrogen-bond donors (Lipinski definition) is 2. The lowest BCUT2D eigenvalue weighted by Gasteiger charge is -2.20. The molecule has 1 unspecified atom stereocenters. The molecule has 1 fully saturated rings. The van der Waals surface area contributed by atoms with Gasteiger partial charge in [-0.05, 0) is 17.5 Å². The summed E-state index contributed by atoms with van der Waals surface area (Å²) in [5.74, 6) is -0.0487. The highest BCUT2D eigenvalue weighted by atomic mass is 32.2. The molecule has 0 radical (unpaired) electrons. The summed E-state index contributed by atoms with van der Waals surface area (Å²) in [6, 6.07) is 7.61. The third kappa shape index (κ3) is 3.06.